The number of fused-ring (bicyclic) bond motifs is 2. The minimum atomic E-state index is -4.99. The average molecular weight is 611 g/mol. The van der Waals surface area contributed by atoms with E-state index in [0.717, 1.165) is 30.4 Å². The molecular formula is C29H32F6N6O2. The van der Waals surface area contributed by atoms with Crippen molar-refractivity contribution in [3.63, 3.8) is 0 Å². The molecule has 2 heterocycles. The Kier molecular flexibility index (Phi) is 7.84. The largest absolute Gasteiger partial charge is 0.443 e. The lowest BCUT2D eigenvalue weighted by Gasteiger charge is -2.33. The van der Waals surface area contributed by atoms with E-state index in [2.05, 4.69) is 15.4 Å². The van der Waals surface area contributed by atoms with Crippen molar-refractivity contribution in [1.29, 1.82) is 0 Å². The maximum absolute atomic E-state index is 13.7. The molecule has 3 aromatic rings. The van der Waals surface area contributed by atoms with Crippen LogP contribution in [0.5, 0.6) is 0 Å². The highest BCUT2D eigenvalue weighted by molar-refractivity contribution is 5.90. The van der Waals surface area contributed by atoms with Crippen molar-refractivity contribution in [2.24, 2.45) is 7.05 Å². The summed E-state index contributed by atoms with van der Waals surface area (Å²) in [5.74, 6) is 0.0376. The Morgan fingerprint density at radius 2 is 1.58 bits per heavy atom. The van der Waals surface area contributed by atoms with Crippen LogP contribution >= 0.6 is 0 Å². The number of tetrazole rings is 1. The molecule has 232 valence electrons. The van der Waals surface area contributed by atoms with Crippen molar-refractivity contribution < 1.29 is 35.9 Å². The van der Waals surface area contributed by atoms with Crippen LogP contribution in [-0.2, 0) is 43.5 Å². The number of benzene rings is 2. The van der Waals surface area contributed by atoms with Gasteiger partial charge in [0.25, 0.3) is 5.95 Å². The number of amides is 1. The third-order valence-corrected chi connectivity index (χ3v) is 7.50. The van der Waals surface area contributed by atoms with E-state index in [1.807, 2.05) is 12.1 Å². The van der Waals surface area contributed by atoms with Gasteiger partial charge in [-0.2, -0.15) is 31.1 Å². The lowest BCUT2D eigenvalue weighted by molar-refractivity contribution is -0.143. The fourth-order valence-electron chi connectivity index (χ4n) is 5.70. The zero-order valence-electron chi connectivity index (χ0n) is 24.2. The van der Waals surface area contributed by atoms with Gasteiger partial charge in [-0.05, 0) is 105 Å². The highest BCUT2D eigenvalue weighted by Gasteiger charge is 2.39. The molecule has 0 fully saturated rings. The normalized spacial score (nSPS) is 17.3. The second-order valence-electron chi connectivity index (χ2n) is 11.9. The summed E-state index contributed by atoms with van der Waals surface area (Å²) in [6.07, 6.45) is -7.07. The van der Waals surface area contributed by atoms with Gasteiger partial charge in [-0.25, -0.2) is 4.79 Å². The van der Waals surface area contributed by atoms with Crippen LogP contribution in [-0.4, -0.2) is 38.4 Å². The third-order valence-electron chi connectivity index (χ3n) is 7.50. The van der Waals surface area contributed by atoms with Crippen molar-refractivity contribution in [1.82, 2.24) is 20.2 Å². The SMILES string of the molecule is Cn1nnc(N(Cc2cc(C(F)(F)F)cc(C(F)(F)F)c2)C2CCCN(C(=O)OC(C)(C)C)c3cc4c(cc32)CCC4)n1. The Morgan fingerprint density at radius 3 is 2.14 bits per heavy atom. The van der Waals surface area contributed by atoms with Gasteiger partial charge in [0, 0.05) is 13.1 Å². The van der Waals surface area contributed by atoms with Crippen LogP contribution in [0.4, 0.5) is 42.8 Å². The summed E-state index contributed by atoms with van der Waals surface area (Å²) in [4.78, 5) is 17.7. The lowest BCUT2D eigenvalue weighted by Crippen LogP contribution is -2.37. The number of carbonyl (C=O) groups is 1. The van der Waals surface area contributed by atoms with Crippen LogP contribution < -0.4 is 9.80 Å². The van der Waals surface area contributed by atoms with Crippen LogP contribution in [0.25, 0.3) is 0 Å². The summed E-state index contributed by atoms with van der Waals surface area (Å²) >= 11 is 0. The first kappa shape index (κ1) is 30.6. The number of nitrogens with zero attached hydrogens (tertiary/aromatic N) is 6. The van der Waals surface area contributed by atoms with E-state index in [-0.39, 0.29) is 24.1 Å². The highest BCUT2D eigenvalue weighted by Crippen LogP contribution is 2.43. The number of ether oxygens (including phenoxy) is 1. The topological polar surface area (TPSA) is 76.4 Å². The first-order valence-corrected chi connectivity index (χ1v) is 13.9. The number of hydrogen-bond donors (Lipinski definition) is 0. The molecule has 2 aliphatic rings. The number of carbonyl (C=O) groups excluding carboxylic acids is 1. The number of hydrogen-bond acceptors (Lipinski definition) is 6. The quantitative estimate of drug-likeness (QED) is 0.296. The van der Waals surface area contributed by atoms with Gasteiger partial charge in [0.15, 0.2) is 0 Å². The monoisotopic (exact) mass is 610 g/mol. The number of aryl methyl sites for hydroxylation is 3. The Hall–Kier alpha value is -3.84. The standard InChI is InChI=1S/C29H32F6N6O2/c1-27(2,3)43-26(42)40-10-6-9-23(22-13-18-7-5-8-19(18)14-24(22)40)41(25-36-38-39(4)37-25)16-17-11-20(28(30,31)32)15-21(12-17)29(33,34)35/h11-15,23H,5-10,16H2,1-4H3. The van der Waals surface area contributed by atoms with E-state index in [0.29, 0.717) is 42.8 Å². The number of halogens is 6. The third kappa shape index (κ3) is 6.72. The molecule has 1 amide bonds. The van der Waals surface area contributed by atoms with E-state index in [1.165, 1.54) is 11.8 Å². The van der Waals surface area contributed by atoms with E-state index < -0.39 is 41.2 Å². The molecule has 0 spiro atoms. The first-order chi connectivity index (χ1) is 20.0. The van der Waals surface area contributed by atoms with E-state index >= 15 is 0 Å². The smallest absolute Gasteiger partial charge is 0.416 e. The Morgan fingerprint density at radius 1 is 0.953 bits per heavy atom. The molecular weight excluding hydrogens is 578 g/mol. The van der Waals surface area contributed by atoms with Crippen LogP contribution in [0.3, 0.4) is 0 Å². The van der Waals surface area contributed by atoms with E-state index in [9.17, 15) is 31.1 Å². The zero-order valence-corrected chi connectivity index (χ0v) is 24.2. The number of rotatable bonds is 4. The number of aromatic nitrogens is 4. The molecule has 1 aromatic heterocycles. The molecule has 0 N–H and O–H groups in total. The Labute approximate surface area is 244 Å². The highest BCUT2D eigenvalue weighted by atomic mass is 19.4. The summed E-state index contributed by atoms with van der Waals surface area (Å²) in [6, 6.07) is 4.88. The van der Waals surface area contributed by atoms with Gasteiger partial charge in [-0.3, -0.25) is 4.90 Å². The maximum atomic E-state index is 13.7. The van der Waals surface area contributed by atoms with E-state index in [4.69, 9.17) is 4.74 Å². The molecule has 0 radical (unpaired) electrons. The van der Waals surface area contributed by atoms with Gasteiger partial charge in [-0.15, -0.1) is 5.10 Å². The molecule has 14 heteroatoms. The molecule has 5 rings (SSSR count). The molecule has 2 aromatic carbocycles. The van der Waals surface area contributed by atoms with Gasteiger partial charge < -0.3 is 9.64 Å². The number of anilines is 2. The van der Waals surface area contributed by atoms with Crippen molar-refractivity contribution in [3.05, 3.63) is 63.7 Å². The van der Waals surface area contributed by atoms with Crippen LogP contribution in [0.1, 0.15) is 79.5 Å². The van der Waals surface area contributed by atoms with Gasteiger partial charge in [-0.1, -0.05) is 11.2 Å². The molecule has 8 nitrogen and oxygen atoms in total. The summed E-state index contributed by atoms with van der Waals surface area (Å²) in [5.41, 5.74) is -0.324. The van der Waals surface area contributed by atoms with Crippen molar-refractivity contribution in [2.75, 3.05) is 16.3 Å². The second kappa shape index (κ2) is 11.0. The van der Waals surface area contributed by atoms with Crippen molar-refractivity contribution in [2.45, 2.75) is 83.4 Å². The summed E-state index contributed by atoms with van der Waals surface area (Å²) < 4.78 is 87.9. The molecule has 1 aliphatic carbocycles. The predicted molar refractivity (Wildman–Crippen MR) is 145 cm³/mol. The second-order valence-corrected chi connectivity index (χ2v) is 11.9. The molecule has 0 bridgehead atoms. The summed E-state index contributed by atoms with van der Waals surface area (Å²) in [7, 11) is 1.51. The summed E-state index contributed by atoms with van der Waals surface area (Å²) in [5, 5.41) is 12.2. The van der Waals surface area contributed by atoms with Crippen LogP contribution in [0.2, 0.25) is 0 Å². The Bertz CT molecular complexity index is 1480. The van der Waals surface area contributed by atoms with Gasteiger partial charge in [0.1, 0.15) is 5.60 Å². The molecule has 1 atom stereocenters. The molecule has 0 saturated heterocycles. The molecule has 43 heavy (non-hydrogen) atoms. The molecule has 0 saturated carbocycles. The van der Waals surface area contributed by atoms with E-state index in [1.54, 1.807) is 30.6 Å². The van der Waals surface area contributed by atoms with Gasteiger partial charge >= 0.3 is 18.4 Å². The maximum Gasteiger partial charge on any atom is 0.416 e. The van der Waals surface area contributed by atoms with Gasteiger partial charge in [0.2, 0.25) is 0 Å². The zero-order chi connectivity index (χ0) is 31.3. The fraction of sp³-hybridized carbons (Fsp3) is 0.517. The average Bonchev–Trinajstić information content (AvgIpc) is 3.48. The number of alkyl halides is 6. The van der Waals surface area contributed by atoms with Crippen molar-refractivity contribution in [3.8, 4) is 0 Å². The minimum Gasteiger partial charge on any atom is -0.443 e. The van der Waals surface area contributed by atoms with Crippen LogP contribution in [0, 0.1) is 0 Å². The fourth-order valence-corrected chi connectivity index (χ4v) is 5.70. The van der Waals surface area contributed by atoms with Gasteiger partial charge in [0.05, 0.1) is 29.9 Å². The summed E-state index contributed by atoms with van der Waals surface area (Å²) in [6.45, 7) is 5.23. The predicted octanol–water partition coefficient (Wildman–Crippen LogP) is 7.02. The van der Waals surface area contributed by atoms with Crippen molar-refractivity contribution >= 4 is 17.7 Å². The molecule has 1 unspecified atom stereocenters. The van der Waals surface area contributed by atoms with Crippen LogP contribution in [0.15, 0.2) is 30.3 Å². The lowest BCUT2D eigenvalue weighted by atomic mass is 9.95. The molecule has 1 aliphatic heterocycles. The Balaban J connectivity index is 1.64. The first-order valence-electron chi connectivity index (χ1n) is 13.9. The minimum absolute atomic E-state index is 0.0376.